The van der Waals surface area contributed by atoms with Gasteiger partial charge < -0.3 is 15.5 Å². The maximum atomic E-state index is 12.3. The highest BCUT2D eigenvalue weighted by molar-refractivity contribution is 7.93. The number of carbonyl (C=O) groups excluding carboxylic acids is 1. The van der Waals surface area contributed by atoms with Crippen LogP contribution in [0, 0.1) is 0 Å². The van der Waals surface area contributed by atoms with E-state index in [0.29, 0.717) is 5.69 Å². The second-order valence-corrected chi connectivity index (χ2v) is 8.37. The van der Waals surface area contributed by atoms with E-state index in [1.807, 2.05) is 0 Å². The highest BCUT2D eigenvalue weighted by Gasteiger charge is 2.17. The Morgan fingerprint density at radius 1 is 1.10 bits per heavy atom. The van der Waals surface area contributed by atoms with Crippen molar-refractivity contribution in [2.45, 2.75) is 11.3 Å². The van der Waals surface area contributed by atoms with Crippen LogP contribution >= 0.6 is 11.3 Å². The summed E-state index contributed by atoms with van der Waals surface area (Å²) in [4.78, 5) is 27.2. The topological polar surface area (TPSA) is 146 Å². The van der Waals surface area contributed by atoms with Gasteiger partial charge in [0.15, 0.2) is 5.13 Å². The summed E-state index contributed by atoms with van der Waals surface area (Å²) < 4.78 is 26.9. The molecule has 29 heavy (non-hydrogen) atoms. The Morgan fingerprint density at radius 2 is 1.83 bits per heavy atom. The molecule has 0 spiro atoms. The number of carboxylic acid groups (broad SMARTS) is 1. The summed E-state index contributed by atoms with van der Waals surface area (Å²) in [5.41, 5.74) is 0.274. The maximum absolute atomic E-state index is 12.3. The molecule has 0 bridgehead atoms. The Labute approximate surface area is 169 Å². The summed E-state index contributed by atoms with van der Waals surface area (Å²) in [6.07, 6.45) is -0.163. The number of nitrogens with one attached hydrogen (secondary N) is 2. The van der Waals surface area contributed by atoms with E-state index >= 15 is 0 Å². The van der Waals surface area contributed by atoms with Crippen LogP contribution in [0.3, 0.4) is 0 Å². The smallest absolute Gasteiger partial charge is 0.335 e. The van der Waals surface area contributed by atoms with Crippen molar-refractivity contribution < 1.29 is 28.2 Å². The third-order valence-electron chi connectivity index (χ3n) is 3.69. The van der Waals surface area contributed by atoms with Crippen LogP contribution in [0.25, 0.3) is 0 Å². The molecule has 1 heterocycles. The Balaban J connectivity index is 1.64. The van der Waals surface area contributed by atoms with Gasteiger partial charge in [0.05, 0.1) is 28.3 Å². The zero-order chi connectivity index (χ0) is 21.0. The standard InChI is InChI=1S/C18H15N3O6S2/c22-15-8-11(17(24)25)6-7-14(15)20-16(23)9-12-10-28-18(19-12)21-29(26,27)13-4-2-1-3-5-13/h1-8,10,22H,9H2,(H,19,21)(H,20,23)(H,24,25). The maximum Gasteiger partial charge on any atom is 0.335 e. The Bertz CT molecular complexity index is 1160. The molecule has 3 aromatic rings. The Hall–Kier alpha value is -3.44. The van der Waals surface area contributed by atoms with E-state index in [0.717, 1.165) is 17.4 Å². The molecule has 9 nitrogen and oxygen atoms in total. The summed E-state index contributed by atoms with van der Waals surface area (Å²) in [6, 6.07) is 11.4. The number of aromatic carboxylic acids is 1. The van der Waals surface area contributed by atoms with E-state index in [-0.39, 0.29) is 33.4 Å². The number of nitrogens with zero attached hydrogens (tertiary/aromatic N) is 1. The number of hydrogen-bond donors (Lipinski definition) is 4. The molecule has 0 aliphatic rings. The number of phenols is 1. The molecule has 1 aromatic heterocycles. The molecule has 3 rings (SSSR count). The van der Waals surface area contributed by atoms with Gasteiger partial charge in [-0.05, 0) is 30.3 Å². The number of carboxylic acids is 1. The minimum absolute atomic E-state index is 0.0558. The quantitative estimate of drug-likeness (QED) is 0.419. The third-order valence-corrected chi connectivity index (χ3v) is 5.98. The number of aromatic hydroxyl groups is 1. The average Bonchev–Trinajstić information content (AvgIpc) is 3.09. The SMILES string of the molecule is O=C(Cc1csc(NS(=O)(=O)c2ccccc2)n1)Nc1ccc(C(=O)O)cc1O. The van der Waals surface area contributed by atoms with Gasteiger partial charge in [0.1, 0.15) is 5.75 Å². The van der Waals surface area contributed by atoms with Crippen LogP contribution in [-0.4, -0.2) is 35.5 Å². The van der Waals surface area contributed by atoms with Gasteiger partial charge in [0.2, 0.25) is 5.91 Å². The fourth-order valence-electron chi connectivity index (χ4n) is 2.34. The van der Waals surface area contributed by atoms with Crippen LogP contribution in [0.4, 0.5) is 10.8 Å². The number of hydrogen-bond acceptors (Lipinski definition) is 7. The minimum Gasteiger partial charge on any atom is -0.506 e. The molecule has 1 amide bonds. The van der Waals surface area contributed by atoms with Crippen molar-refractivity contribution >= 4 is 44.1 Å². The second kappa shape index (κ2) is 8.29. The lowest BCUT2D eigenvalue weighted by atomic mass is 10.2. The number of rotatable bonds is 7. The van der Waals surface area contributed by atoms with Gasteiger partial charge in [-0.15, -0.1) is 11.3 Å². The number of benzene rings is 2. The molecular formula is C18H15N3O6S2. The lowest BCUT2D eigenvalue weighted by molar-refractivity contribution is -0.115. The number of amides is 1. The van der Waals surface area contributed by atoms with Crippen molar-refractivity contribution in [3.05, 3.63) is 65.2 Å². The van der Waals surface area contributed by atoms with Crippen molar-refractivity contribution in [2.24, 2.45) is 0 Å². The minimum atomic E-state index is -3.78. The van der Waals surface area contributed by atoms with Crippen molar-refractivity contribution in [3.8, 4) is 5.75 Å². The van der Waals surface area contributed by atoms with Gasteiger partial charge in [-0.2, -0.15) is 0 Å². The van der Waals surface area contributed by atoms with Crippen LogP contribution in [0.1, 0.15) is 16.1 Å². The first-order chi connectivity index (χ1) is 13.7. The van der Waals surface area contributed by atoms with Crippen molar-refractivity contribution in [2.75, 3.05) is 10.0 Å². The van der Waals surface area contributed by atoms with Gasteiger partial charge in [-0.3, -0.25) is 9.52 Å². The molecule has 0 aliphatic carbocycles. The molecule has 4 N–H and O–H groups in total. The highest BCUT2D eigenvalue weighted by atomic mass is 32.2. The largest absolute Gasteiger partial charge is 0.506 e. The fraction of sp³-hybridized carbons (Fsp3) is 0.0556. The van der Waals surface area contributed by atoms with Crippen LogP contribution in [0.5, 0.6) is 5.75 Å². The van der Waals surface area contributed by atoms with E-state index in [1.54, 1.807) is 18.2 Å². The molecule has 0 saturated heterocycles. The highest BCUT2D eigenvalue weighted by Crippen LogP contribution is 2.25. The zero-order valence-electron chi connectivity index (χ0n) is 14.7. The zero-order valence-corrected chi connectivity index (χ0v) is 16.3. The summed E-state index contributed by atoms with van der Waals surface area (Å²) in [5.74, 6) is -2.09. The molecule has 0 saturated carbocycles. The monoisotopic (exact) mass is 433 g/mol. The van der Waals surface area contributed by atoms with E-state index in [9.17, 15) is 23.1 Å². The fourth-order valence-corrected chi connectivity index (χ4v) is 4.32. The van der Waals surface area contributed by atoms with Gasteiger partial charge >= 0.3 is 5.97 Å². The van der Waals surface area contributed by atoms with Gasteiger partial charge in [0.25, 0.3) is 10.0 Å². The molecule has 150 valence electrons. The number of anilines is 2. The first-order valence-electron chi connectivity index (χ1n) is 8.13. The molecule has 11 heteroatoms. The van der Waals surface area contributed by atoms with Crippen molar-refractivity contribution in [1.82, 2.24) is 4.98 Å². The van der Waals surface area contributed by atoms with Crippen molar-refractivity contribution in [1.29, 1.82) is 0 Å². The van der Waals surface area contributed by atoms with Gasteiger partial charge in [0, 0.05) is 5.38 Å². The average molecular weight is 433 g/mol. The van der Waals surface area contributed by atoms with E-state index in [1.165, 1.54) is 29.6 Å². The summed E-state index contributed by atoms with van der Waals surface area (Å²) in [6.45, 7) is 0. The number of sulfonamides is 1. The van der Waals surface area contributed by atoms with E-state index in [2.05, 4.69) is 15.0 Å². The molecule has 0 fully saturated rings. The molecule has 0 unspecified atom stereocenters. The molecule has 0 aliphatic heterocycles. The Morgan fingerprint density at radius 3 is 2.48 bits per heavy atom. The predicted molar refractivity (Wildman–Crippen MR) is 107 cm³/mol. The first-order valence-corrected chi connectivity index (χ1v) is 10.5. The molecule has 0 atom stereocenters. The normalized spacial score (nSPS) is 11.0. The molecule has 2 aromatic carbocycles. The summed E-state index contributed by atoms with van der Waals surface area (Å²) in [5, 5.41) is 22.8. The van der Waals surface area contributed by atoms with Crippen LogP contribution < -0.4 is 10.0 Å². The van der Waals surface area contributed by atoms with Gasteiger partial charge in [-0.25, -0.2) is 18.2 Å². The molecule has 0 radical (unpaired) electrons. The lowest BCUT2D eigenvalue weighted by Gasteiger charge is -2.07. The summed E-state index contributed by atoms with van der Waals surface area (Å²) >= 11 is 1.03. The molecular weight excluding hydrogens is 418 g/mol. The number of aromatic nitrogens is 1. The predicted octanol–water partition coefficient (Wildman–Crippen LogP) is 2.53. The number of phenolic OH excluding ortho intramolecular Hbond substituents is 1. The summed E-state index contributed by atoms with van der Waals surface area (Å²) in [7, 11) is -3.78. The second-order valence-electron chi connectivity index (χ2n) is 5.82. The van der Waals surface area contributed by atoms with E-state index in [4.69, 9.17) is 5.11 Å². The number of carbonyl (C=O) groups is 2. The first kappa shape index (κ1) is 20.3. The number of thiazole rings is 1. The van der Waals surface area contributed by atoms with Gasteiger partial charge in [-0.1, -0.05) is 18.2 Å². The lowest BCUT2D eigenvalue weighted by Crippen LogP contribution is -2.15. The van der Waals surface area contributed by atoms with E-state index < -0.39 is 21.9 Å². The Kier molecular flexibility index (Phi) is 5.80. The van der Waals surface area contributed by atoms with Crippen LogP contribution in [0.2, 0.25) is 0 Å². The third kappa shape index (κ3) is 5.09. The van der Waals surface area contributed by atoms with Crippen LogP contribution in [-0.2, 0) is 21.2 Å². The van der Waals surface area contributed by atoms with Crippen molar-refractivity contribution in [3.63, 3.8) is 0 Å². The van der Waals surface area contributed by atoms with Crippen LogP contribution in [0.15, 0.2) is 58.8 Å².